The summed E-state index contributed by atoms with van der Waals surface area (Å²) in [6, 6.07) is 7.60. The summed E-state index contributed by atoms with van der Waals surface area (Å²) >= 11 is 0. The van der Waals surface area contributed by atoms with Crippen molar-refractivity contribution in [1.82, 2.24) is 0 Å². The maximum atomic E-state index is 12.6. The molecule has 2 aliphatic rings. The SMILES string of the molecule is C=C/C=C1\C=C(/C)C/C=C\C=C(/N)c2ccc(cc2)NC(=O)CC(=C/C)/C=C(/C)C1C.CC. The van der Waals surface area contributed by atoms with Crippen molar-refractivity contribution in [2.45, 2.75) is 54.4 Å². The van der Waals surface area contributed by atoms with E-state index >= 15 is 0 Å². The Labute approximate surface area is 200 Å². The first-order chi connectivity index (χ1) is 15.8. The number of fused-ring (bicyclic) bond motifs is 12. The Hall–Kier alpha value is -3.33. The van der Waals surface area contributed by atoms with E-state index in [1.165, 1.54) is 16.7 Å². The van der Waals surface area contributed by atoms with Crippen LogP contribution >= 0.6 is 0 Å². The molecule has 0 fully saturated rings. The van der Waals surface area contributed by atoms with E-state index in [1.54, 1.807) is 0 Å². The van der Waals surface area contributed by atoms with Crippen molar-refractivity contribution in [3.63, 3.8) is 0 Å². The topological polar surface area (TPSA) is 55.1 Å². The van der Waals surface area contributed by atoms with Gasteiger partial charge in [-0.3, -0.25) is 4.79 Å². The second kappa shape index (κ2) is 14.7. The van der Waals surface area contributed by atoms with Crippen LogP contribution in [0.15, 0.2) is 102 Å². The number of benzene rings is 1. The average molecular weight is 445 g/mol. The number of nitrogens with one attached hydrogen (secondary N) is 1. The average Bonchev–Trinajstić information content (AvgIpc) is 2.81. The lowest BCUT2D eigenvalue weighted by Crippen LogP contribution is -2.12. The highest BCUT2D eigenvalue weighted by Crippen LogP contribution is 2.25. The molecule has 1 unspecified atom stereocenters. The molecule has 1 atom stereocenters. The molecule has 3 nitrogen and oxygen atoms in total. The molecule has 1 aromatic carbocycles. The number of allylic oxidation sites excluding steroid dienone is 11. The van der Waals surface area contributed by atoms with Gasteiger partial charge in [0.05, 0.1) is 6.42 Å². The Balaban J connectivity index is 0.00000265. The summed E-state index contributed by atoms with van der Waals surface area (Å²) in [4.78, 5) is 12.6. The molecule has 1 aromatic rings. The second-order valence-corrected chi connectivity index (χ2v) is 7.92. The van der Waals surface area contributed by atoms with Crippen molar-refractivity contribution >= 4 is 17.3 Å². The van der Waals surface area contributed by atoms with Crippen molar-refractivity contribution in [3.05, 3.63) is 107 Å². The van der Waals surface area contributed by atoms with Crippen LogP contribution in [0.2, 0.25) is 0 Å². The molecule has 0 spiro atoms. The number of hydrogen-bond donors (Lipinski definition) is 2. The van der Waals surface area contributed by atoms with Crippen LogP contribution in [0, 0.1) is 5.92 Å². The van der Waals surface area contributed by atoms with Gasteiger partial charge in [-0.15, -0.1) is 0 Å². The van der Waals surface area contributed by atoms with Crippen LogP contribution in [-0.4, -0.2) is 5.91 Å². The third-order valence-electron chi connectivity index (χ3n) is 5.41. The van der Waals surface area contributed by atoms with Gasteiger partial charge in [-0.1, -0.05) is 93.2 Å². The molecule has 2 heterocycles. The van der Waals surface area contributed by atoms with Crippen LogP contribution in [0.4, 0.5) is 5.69 Å². The number of rotatable bonds is 1. The highest BCUT2D eigenvalue weighted by Gasteiger charge is 2.11. The maximum Gasteiger partial charge on any atom is 0.228 e. The summed E-state index contributed by atoms with van der Waals surface area (Å²) in [6.07, 6.45) is 17.4. The van der Waals surface area contributed by atoms with Crippen molar-refractivity contribution in [2.24, 2.45) is 11.7 Å². The van der Waals surface area contributed by atoms with Gasteiger partial charge >= 0.3 is 0 Å². The molecule has 1 amide bonds. The van der Waals surface area contributed by atoms with Gasteiger partial charge in [0, 0.05) is 17.3 Å². The molecule has 0 saturated heterocycles. The minimum absolute atomic E-state index is 0.0421. The summed E-state index contributed by atoms with van der Waals surface area (Å²) < 4.78 is 0. The molecular weight excluding hydrogens is 404 g/mol. The monoisotopic (exact) mass is 444 g/mol. The molecular formula is C30H40N2O. The van der Waals surface area contributed by atoms with Crippen LogP contribution in [0.5, 0.6) is 0 Å². The van der Waals surface area contributed by atoms with E-state index < -0.39 is 0 Å². The number of carbonyl (C=O) groups is 1. The largest absolute Gasteiger partial charge is 0.398 e. The normalized spacial score (nSPS) is 26.1. The van der Waals surface area contributed by atoms with E-state index in [-0.39, 0.29) is 11.8 Å². The lowest BCUT2D eigenvalue weighted by molar-refractivity contribution is -0.115. The molecule has 2 bridgehead atoms. The maximum absolute atomic E-state index is 12.6. The summed E-state index contributed by atoms with van der Waals surface area (Å²) in [5.41, 5.74) is 13.2. The van der Waals surface area contributed by atoms with Gasteiger partial charge in [-0.2, -0.15) is 0 Å². The zero-order valence-electron chi connectivity index (χ0n) is 21.1. The van der Waals surface area contributed by atoms with Gasteiger partial charge < -0.3 is 11.1 Å². The summed E-state index contributed by atoms with van der Waals surface area (Å²) in [6.45, 7) is 16.3. The van der Waals surface area contributed by atoms with Gasteiger partial charge in [0.1, 0.15) is 0 Å². The summed E-state index contributed by atoms with van der Waals surface area (Å²) in [7, 11) is 0. The van der Waals surface area contributed by atoms with Crippen LogP contribution in [0.25, 0.3) is 5.70 Å². The fourth-order valence-electron chi connectivity index (χ4n) is 3.37. The molecule has 3 N–H and O–H groups in total. The fraction of sp³-hybridized carbons (Fsp3) is 0.300. The van der Waals surface area contributed by atoms with Gasteiger partial charge in [0.15, 0.2) is 0 Å². The van der Waals surface area contributed by atoms with E-state index in [0.717, 1.165) is 23.2 Å². The fourth-order valence-corrected chi connectivity index (χ4v) is 3.37. The van der Waals surface area contributed by atoms with Crippen LogP contribution in [0.3, 0.4) is 0 Å². The van der Waals surface area contributed by atoms with Crippen molar-refractivity contribution in [3.8, 4) is 0 Å². The predicted molar refractivity (Wildman–Crippen MR) is 146 cm³/mol. The minimum Gasteiger partial charge on any atom is -0.398 e. The predicted octanol–water partition coefficient (Wildman–Crippen LogP) is 7.89. The lowest BCUT2D eigenvalue weighted by Gasteiger charge is -2.16. The summed E-state index contributed by atoms with van der Waals surface area (Å²) in [5, 5.41) is 2.97. The zero-order chi connectivity index (χ0) is 24.8. The first kappa shape index (κ1) is 27.7. The first-order valence-electron chi connectivity index (χ1n) is 11.7. The number of anilines is 1. The molecule has 33 heavy (non-hydrogen) atoms. The Morgan fingerprint density at radius 3 is 2.39 bits per heavy atom. The molecule has 2 aliphatic heterocycles. The highest BCUT2D eigenvalue weighted by atomic mass is 16.1. The van der Waals surface area contributed by atoms with E-state index in [9.17, 15) is 4.79 Å². The third kappa shape index (κ3) is 9.36. The first-order valence-corrected chi connectivity index (χ1v) is 11.7. The van der Waals surface area contributed by atoms with E-state index in [0.29, 0.717) is 12.1 Å². The van der Waals surface area contributed by atoms with Gasteiger partial charge in [-0.05, 0) is 62.1 Å². The summed E-state index contributed by atoms with van der Waals surface area (Å²) in [5.74, 6) is 0.166. The van der Waals surface area contributed by atoms with Crippen molar-refractivity contribution in [2.75, 3.05) is 5.32 Å². The number of nitrogens with two attached hydrogens (primary N) is 1. The van der Waals surface area contributed by atoms with Crippen molar-refractivity contribution < 1.29 is 4.79 Å². The van der Waals surface area contributed by atoms with E-state index in [2.05, 4.69) is 57.0 Å². The molecule has 3 heteroatoms. The number of carbonyl (C=O) groups excluding carboxylic acids is 1. The quantitative estimate of drug-likeness (QED) is 0.463. The molecule has 176 valence electrons. The molecule has 0 aliphatic carbocycles. The molecule has 0 radical (unpaired) electrons. The second-order valence-electron chi connectivity index (χ2n) is 7.92. The Kier molecular flexibility index (Phi) is 12.3. The molecule has 0 saturated carbocycles. The van der Waals surface area contributed by atoms with Crippen LogP contribution in [0.1, 0.15) is 59.9 Å². The third-order valence-corrected chi connectivity index (χ3v) is 5.41. The minimum atomic E-state index is -0.0421. The highest BCUT2D eigenvalue weighted by molar-refractivity contribution is 5.92. The number of amides is 1. The zero-order valence-corrected chi connectivity index (χ0v) is 21.1. The number of hydrogen-bond acceptors (Lipinski definition) is 2. The lowest BCUT2D eigenvalue weighted by atomic mass is 9.89. The molecule has 0 aromatic heterocycles. The Morgan fingerprint density at radius 1 is 1.12 bits per heavy atom. The standard InChI is InChI=1S/C28H34N2O.C2H6/c1-6-10-25-17-20(3)11-8-9-12-27(29)24-13-15-26(16-14-24)30-28(31)19-23(7-2)18-21(4)22(25)5;1-2/h6-10,12-18,22H,1,11,19,29H2,2-5H3,(H,30,31);1-2H3/b9-8-,20-17+,21-18-,23-7+,25-10+,27-12-;. The van der Waals surface area contributed by atoms with Gasteiger partial charge in [-0.25, -0.2) is 0 Å². The van der Waals surface area contributed by atoms with E-state index in [4.69, 9.17) is 5.73 Å². The van der Waals surface area contributed by atoms with Crippen LogP contribution in [-0.2, 0) is 4.79 Å². The molecule has 3 rings (SSSR count). The Morgan fingerprint density at radius 2 is 1.79 bits per heavy atom. The van der Waals surface area contributed by atoms with E-state index in [1.807, 2.05) is 69.3 Å². The van der Waals surface area contributed by atoms with Gasteiger partial charge in [0.25, 0.3) is 0 Å². The van der Waals surface area contributed by atoms with Gasteiger partial charge in [0.2, 0.25) is 5.91 Å². The van der Waals surface area contributed by atoms with Crippen LogP contribution < -0.4 is 11.1 Å². The Bertz CT molecular complexity index is 983. The van der Waals surface area contributed by atoms with Crippen molar-refractivity contribution in [1.29, 1.82) is 0 Å². The smallest absolute Gasteiger partial charge is 0.228 e.